The highest BCUT2D eigenvalue weighted by molar-refractivity contribution is 5.69. The number of esters is 1. The monoisotopic (exact) mass is 310 g/mol. The lowest BCUT2D eigenvalue weighted by Crippen LogP contribution is -2.40. The van der Waals surface area contributed by atoms with Gasteiger partial charge in [-0.05, 0) is 5.56 Å². The van der Waals surface area contributed by atoms with E-state index in [0.29, 0.717) is 19.8 Å². The molecule has 0 amide bonds. The van der Waals surface area contributed by atoms with Gasteiger partial charge < -0.3 is 24.1 Å². The lowest BCUT2D eigenvalue weighted by molar-refractivity contribution is -0.212. The number of carbonyl (C=O) groups excluding carboxylic acids is 1. The van der Waals surface area contributed by atoms with Gasteiger partial charge in [-0.1, -0.05) is 30.3 Å². The van der Waals surface area contributed by atoms with E-state index in [1.807, 2.05) is 30.3 Å². The third-order valence-corrected chi connectivity index (χ3v) is 3.42. The topological polar surface area (TPSA) is 74.2 Å². The molecule has 1 aliphatic heterocycles. The second kappa shape index (κ2) is 8.24. The zero-order valence-electron chi connectivity index (χ0n) is 12.7. The third-order valence-electron chi connectivity index (χ3n) is 3.42. The number of carbonyl (C=O) groups is 1. The SMILES string of the molecule is COC(=O)CC(O)CC1(COCc2ccccc2)OCCO1. The van der Waals surface area contributed by atoms with Crippen molar-refractivity contribution in [3.8, 4) is 0 Å². The number of rotatable bonds is 8. The van der Waals surface area contributed by atoms with Crippen molar-refractivity contribution >= 4 is 5.97 Å². The minimum absolute atomic E-state index is 0.0936. The van der Waals surface area contributed by atoms with Crippen LogP contribution < -0.4 is 0 Å². The highest BCUT2D eigenvalue weighted by Gasteiger charge is 2.39. The maximum Gasteiger partial charge on any atom is 0.308 e. The molecule has 1 aromatic rings. The molecule has 122 valence electrons. The molecular formula is C16H22O6. The quantitative estimate of drug-likeness (QED) is 0.729. The van der Waals surface area contributed by atoms with Gasteiger partial charge in [0.2, 0.25) is 0 Å². The molecule has 1 aromatic carbocycles. The van der Waals surface area contributed by atoms with E-state index in [1.165, 1.54) is 7.11 Å². The van der Waals surface area contributed by atoms with Crippen molar-refractivity contribution in [1.29, 1.82) is 0 Å². The minimum Gasteiger partial charge on any atom is -0.469 e. The minimum atomic E-state index is -0.998. The second-order valence-electron chi connectivity index (χ2n) is 5.22. The van der Waals surface area contributed by atoms with Crippen LogP contribution in [0.25, 0.3) is 0 Å². The van der Waals surface area contributed by atoms with E-state index in [1.54, 1.807) is 0 Å². The largest absolute Gasteiger partial charge is 0.469 e. The molecule has 1 unspecified atom stereocenters. The maximum atomic E-state index is 11.2. The highest BCUT2D eigenvalue weighted by atomic mass is 16.8. The summed E-state index contributed by atoms with van der Waals surface area (Å²) < 4.78 is 21.4. The Morgan fingerprint density at radius 1 is 1.32 bits per heavy atom. The second-order valence-corrected chi connectivity index (χ2v) is 5.22. The van der Waals surface area contributed by atoms with Gasteiger partial charge in [-0.2, -0.15) is 0 Å². The fourth-order valence-corrected chi connectivity index (χ4v) is 2.36. The lowest BCUT2D eigenvalue weighted by atomic mass is 10.1. The van der Waals surface area contributed by atoms with Crippen LogP contribution in [0.1, 0.15) is 18.4 Å². The number of benzene rings is 1. The summed E-state index contributed by atoms with van der Waals surface area (Å²) in [6, 6.07) is 9.76. The van der Waals surface area contributed by atoms with Gasteiger partial charge in [-0.3, -0.25) is 4.79 Å². The van der Waals surface area contributed by atoms with E-state index in [-0.39, 0.29) is 19.4 Å². The third kappa shape index (κ3) is 5.06. The molecule has 1 fully saturated rings. The van der Waals surface area contributed by atoms with Crippen LogP contribution in [0.2, 0.25) is 0 Å². The van der Waals surface area contributed by atoms with E-state index < -0.39 is 17.9 Å². The van der Waals surface area contributed by atoms with E-state index in [4.69, 9.17) is 14.2 Å². The molecule has 0 aromatic heterocycles. The zero-order chi connectivity index (χ0) is 15.8. The normalized spacial score (nSPS) is 18.1. The van der Waals surface area contributed by atoms with Gasteiger partial charge in [0, 0.05) is 6.42 Å². The molecule has 1 N–H and O–H groups in total. The molecule has 1 heterocycles. The van der Waals surface area contributed by atoms with Gasteiger partial charge in [0.15, 0.2) is 5.79 Å². The molecule has 6 nitrogen and oxygen atoms in total. The van der Waals surface area contributed by atoms with Gasteiger partial charge in [0.25, 0.3) is 0 Å². The molecule has 1 aliphatic rings. The number of aliphatic hydroxyl groups excluding tert-OH is 1. The van der Waals surface area contributed by atoms with Crippen LogP contribution in [0.4, 0.5) is 0 Å². The summed E-state index contributed by atoms with van der Waals surface area (Å²) >= 11 is 0. The number of hydrogen-bond acceptors (Lipinski definition) is 6. The first-order chi connectivity index (χ1) is 10.6. The van der Waals surface area contributed by atoms with Gasteiger partial charge >= 0.3 is 5.97 Å². The summed E-state index contributed by atoms with van der Waals surface area (Å²) in [7, 11) is 1.29. The Hall–Kier alpha value is -1.47. The predicted molar refractivity (Wildman–Crippen MR) is 78.0 cm³/mol. The van der Waals surface area contributed by atoms with Gasteiger partial charge in [0.1, 0.15) is 6.61 Å². The average molecular weight is 310 g/mol. The average Bonchev–Trinajstić information content (AvgIpc) is 2.96. The first-order valence-corrected chi connectivity index (χ1v) is 7.28. The van der Waals surface area contributed by atoms with E-state index in [2.05, 4.69) is 4.74 Å². The summed E-state index contributed by atoms with van der Waals surface area (Å²) in [6.07, 6.45) is -0.827. The van der Waals surface area contributed by atoms with E-state index in [0.717, 1.165) is 5.56 Å². The fourth-order valence-electron chi connectivity index (χ4n) is 2.36. The van der Waals surface area contributed by atoms with Gasteiger partial charge in [0.05, 0.1) is 39.5 Å². The molecule has 2 rings (SSSR count). The van der Waals surface area contributed by atoms with Crippen LogP contribution >= 0.6 is 0 Å². The number of methoxy groups -OCH3 is 1. The maximum absolute atomic E-state index is 11.2. The molecule has 0 saturated carbocycles. The van der Waals surface area contributed by atoms with Crippen LogP contribution in [0.3, 0.4) is 0 Å². The molecule has 0 spiro atoms. The Balaban J connectivity index is 1.84. The number of ether oxygens (including phenoxy) is 4. The number of hydrogen-bond donors (Lipinski definition) is 1. The van der Waals surface area contributed by atoms with Crippen LogP contribution in [-0.2, 0) is 30.3 Å². The molecule has 0 bridgehead atoms. The lowest BCUT2D eigenvalue weighted by Gasteiger charge is -2.29. The van der Waals surface area contributed by atoms with Crippen molar-refractivity contribution in [3.63, 3.8) is 0 Å². The van der Waals surface area contributed by atoms with Crippen LogP contribution in [0, 0.1) is 0 Å². The molecule has 1 atom stereocenters. The van der Waals surface area contributed by atoms with Crippen molar-refractivity contribution < 1.29 is 28.8 Å². The molecule has 22 heavy (non-hydrogen) atoms. The molecule has 1 saturated heterocycles. The first-order valence-electron chi connectivity index (χ1n) is 7.28. The Labute approximate surface area is 129 Å². The fraction of sp³-hybridized carbons (Fsp3) is 0.562. The Morgan fingerprint density at radius 2 is 2.00 bits per heavy atom. The molecule has 0 radical (unpaired) electrons. The zero-order valence-corrected chi connectivity index (χ0v) is 12.7. The van der Waals surface area contributed by atoms with E-state index in [9.17, 15) is 9.90 Å². The van der Waals surface area contributed by atoms with E-state index >= 15 is 0 Å². The summed E-state index contributed by atoms with van der Waals surface area (Å²) in [5.41, 5.74) is 1.05. The summed E-state index contributed by atoms with van der Waals surface area (Å²) in [5.74, 6) is -1.46. The van der Waals surface area contributed by atoms with Crippen LogP contribution in [0.5, 0.6) is 0 Å². The van der Waals surface area contributed by atoms with Crippen LogP contribution in [0.15, 0.2) is 30.3 Å². The van der Waals surface area contributed by atoms with Crippen molar-refractivity contribution in [1.82, 2.24) is 0 Å². The van der Waals surface area contributed by atoms with Gasteiger partial charge in [-0.25, -0.2) is 0 Å². The number of aliphatic hydroxyl groups is 1. The van der Waals surface area contributed by atoms with Crippen molar-refractivity contribution in [2.45, 2.75) is 31.3 Å². The summed E-state index contributed by atoms with van der Waals surface area (Å²) in [4.78, 5) is 11.2. The first kappa shape index (κ1) is 16.9. The van der Waals surface area contributed by atoms with Crippen molar-refractivity contribution in [3.05, 3.63) is 35.9 Å². The standard InChI is InChI=1S/C16H22O6/c1-19-15(18)9-14(17)10-16(21-7-8-22-16)12-20-11-13-5-3-2-4-6-13/h2-6,14,17H,7-12H2,1H3. The Bertz CT molecular complexity index is 455. The van der Waals surface area contributed by atoms with Crippen LogP contribution in [-0.4, -0.2) is 49.9 Å². The summed E-state index contributed by atoms with van der Waals surface area (Å²) in [5, 5.41) is 9.98. The predicted octanol–water partition coefficient (Wildman–Crippen LogP) is 1.26. The summed E-state index contributed by atoms with van der Waals surface area (Å²) in [6.45, 7) is 1.52. The smallest absolute Gasteiger partial charge is 0.308 e. The van der Waals surface area contributed by atoms with Crippen molar-refractivity contribution in [2.75, 3.05) is 26.9 Å². The molecule has 0 aliphatic carbocycles. The Kier molecular flexibility index (Phi) is 6.33. The Morgan fingerprint density at radius 3 is 2.64 bits per heavy atom. The molecule has 6 heteroatoms. The molecular weight excluding hydrogens is 288 g/mol. The van der Waals surface area contributed by atoms with Gasteiger partial charge in [-0.15, -0.1) is 0 Å². The highest BCUT2D eigenvalue weighted by Crippen LogP contribution is 2.27. The van der Waals surface area contributed by atoms with Crippen molar-refractivity contribution in [2.24, 2.45) is 0 Å².